The Morgan fingerprint density at radius 2 is 1.59 bits per heavy atom. The lowest BCUT2D eigenvalue weighted by atomic mass is 10.0. The summed E-state index contributed by atoms with van der Waals surface area (Å²) in [6.07, 6.45) is -0.755. The molecular formula is C22H25NO5S. The monoisotopic (exact) mass is 415 g/mol. The first kappa shape index (κ1) is 22.5. The Morgan fingerprint density at radius 3 is 2.14 bits per heavy atom. The van der Waals surface area contributed by atoms with Gasteiger partial charge in [0.15, 0.2) is 5.78 Å². The molecule has 154 valence electrons. The van der Waals surface area contributed by atoms with Crippen LogP contribution in [0.2, 0.25) is 0 Å². The van der Waals surface area contributed by atoms with Gasteiger partial charge in [0, 0.05) is 22.6 Å². The summed E-state index contributed by atoms with van der Waals surface area (Å²) in [5.41, 5.74) is 1.49. The molecule has 0 unspecified atom stereocenters. The van der Waals surface area contributed by atoms with E-state index < -0.39 is 23.7 Å². The summed E-state index contributed by atoms with van der Waals surface area (Å²) >= 11 is 1.38. The fourth-order valence-electron chi connectivity index (χ4n) is 2.43. The number of carbonyl (C=O) groups excluding carboxylic acids is 2. The van der Waals surface area contributed by atoms with Gasteiger partial charge in [0.2, 0.25) is 0 Å². The second-order valence-electron chi connectivity index (χ2n) is 7.44. The second kappa shape index (κ2) is 10.1. The van der Waals surface area contributed by atoms with Crippen molar-refractivity contribution in [3.8, 4) is 0 Å². The van der Waals surface area contributed by atoms with Gasteiger partial charge >= 0.3 is 12.1 Å². The number of thioether (sulfide) groups is 1. The van der Waals surface area contributed by atoms with Crippen molar-refractivity contribution in [3.05, 3.63) is 71.3 Å². The molecule has 0 aliphatic rings. The zero-order chi connectivity index (χ0) is 21.4. The van der Waals surface area contributed by atoms with Crippen LogP contribution in [0.1, 0.15) is 42.3 Å². The molecule has 1 atom stereocenters. The van der Waals surface area contributed by atoms with Crippen LogP contribution < -0.4 is 5.32 Å². The average Bonchev–Trinajstić information content (AvgIpc) is 2.66. The standard InChI is InChI=1S/C22H25NO5S/c1-22(2,3)28-21(27)23-18(20(25)26)14-29-13-15-9-11-17(12-10-15)19(24)16-7-5-4-6-8-16/h4-12,18H,13-14H2,1-3H3,(H,23,27)(H,25,26)/t18-/m1/s1. The van der Waals surface area contributed by atoms with Gasteiger partial charge in [-0.05, 0) is 26.3 Å². The van der Waals surface area contributed by atoms with Crippen molar-refractivity contribution in [2.24, 2.45) is 0 Å². The first-order valence-corrected chi connectivity index (χ1v) is 10.3. The van der Waals surface area contributed by atoms with Crippen LogP contribution in [-0.4, -0.2) is 40.3 Å². The number of alkyl carbamates (subject to hydrolysis) is 1. The molecule has 2 aromatic rings. The molecule has 2 aromatic carbocycles. The van der Waals surface area contributed by atoms with Gasteiger partial charge in [-0.3, -0.25) is 4.79 Å². The quantitative estimate of drug-likeness (QED) is 0.630. The third-order valence-corrected chi connectivity index (χ3v) is 4.90. The molecule has 0 aliphatic heterocycles. The van der Waals surface area contributed by atoms with E-state index in [0.29, 0.717) is 16.9 Å². The first-order chi connectivity index (χ1) is 13.7. The minimum atomic E-state index is -1.12. The summed E-state index contributed by atoms with van der Waals surface area (Å²) in [7, 11) is 0. The van der Waals surface area contributed by atoms with Gasteiger partial charge in [-0.15, -0.1) is 0 Å². The molecule has 2 N–H and O–H groups in total. The lowest BCUT2D eigenvalue weighted by Gasteiger charge is -2.21. The number of hydrogen-bond acceptors (Lipinski definition) is 5. The number of nitrogens with one attached hydrogen (secondary N) is 1. The van der Waals surface area contributed by atoms with Crippen LogP contribution in [0, 0.1) is 0 Å². The Morgan fingerprint density at radius 1 is 1.00 bits per heavy atom. The number of ether oxygens (including phenoxy) is 1. The van der Waals surface area contributed by atoms with Crippen molar-refractivity contribution < 1.29 is 24.2 Å². The fraction of sp³-hybridized carbons (Fsp3) is 0.318. The predicted molar refractivity (Wildman–Crippen MR) is 113 cm³/mol. The molecule has 0 radical (unpaired) electrons. The van der Waals surface area contributed by atoms with Gasteiger partial charge in [0.1, 0.15) is 11.6 Å². The summed E-state index contributed by atoms with van der Waals surface area (Å²) in [5, 5.41) is 11.7. The molecule has 0 saturated heterocycles. The maximum absolute atomic E-state index is 12.4. The van der Waals surface area contributed by atoms with Crippen LogP contribution in [0.3, 0.4) is 0 Å². The Kier molecular flexibility index (Phi) is 7.84. The van der Waals surface area contributed by atoms with Crippen LogP contribution in [-0.2, 0) is 15.3 Å². The zero-order valence-corrected chi connectivity index (χ0v) is 17.5. The van der Waals surface area contributed by atoms with Crippen molar-refractivity contribution in [2.75, 3.05) is 5.75 Å². The average molecular weight is 416 g/mol. The van der Waals surface area contributed by atoms with Crippen LogP contribution in [0.5, 0.6) is 0 Å². The Balaban J connectivity index is 1.87. The third-order valence-electron chi connectivity index (χ3n) is 3.79. The molecule has 1 amide bonds. The molecule has 0 fully saturated rings. The number of aliphatic carboxylic acids is 1. The number of rotatable bonds is 8. The van der Waals surface area contributed by atoms with Gasteiger partial charge < -0.3 is 15.2 Å². The lowest BCUT2D eigenvalue weighted by Crippen LogP contribution is -2.44. The van der Waals surface area contributed by atoms with Crippen LogP contribution in [0.4, 0.5) is 4.79 Å². The molecule has 0 aromatic heterocycles. The maximum Gasteiger partial charge on any atom is 0.408 e. The third kappa shape index (κ3) is 7.62. The van der Waals surface area contributed by atoms with Crippen LogP contribution in [0.25, 0.3) is 0 Å². The van der Waals surface area contributed by atoms with E-state index in [4.69, 9.17) is 4.74 Å². The highest BCUT2D eigenvalue weighted by atomic mass is 32.2. The molecule has 0 spiro atoms. The van der Waals surface area contributed by atoms with Gasteiger partial charge in [0.25, 0.3) is 0 Å². The zero-order valence-electron chi connectivity index (χ0n) is 16.7. The number of ketones is 1. The fourth-order valence-corrected chi connectivity index (χ4v) is 3.44. The van der Waals surface area contributed by atoms with E-state index in [2.05, 4.69) is 5.32 Å². The Hall–Kier alpha value is -2.80. The Bertz CT molecular complexity index is 844. The largest absolute Gasteiger partial charge is 0.480 e. The Labute approximate surface area is 174 Å². The highest BCUT2D eigenvalue weighted by molar-refractivity contribution is 7.98. The van der Waals surface area contributed by atoms with E-state index in [1.807, 2.05) is 30.3 Å². The van der Waals surface area contributed by atoms with Crippen molar-refractivity contribution in [1.29, 1.82) is 0 Å². The van der Waals surface area contributed by atoms with Crippen molar-refractivity contribution >= 4 is 29.6 Å². The van der Waals surface area contributed by atoms with E-state index in [1.54, 1.807) is 45.0 Å². The summed E-state index contributed by atoms with van der Waals surface area (Å²) in [6.45, 7) is 5.13. The summed E-state index contributed by atoms with van der Waals surface area (Å²) in [4.78, 5) is 35.6. The highest BCUT2D eigenvalue weighted by Gasteiger charge is 2.23. The van der Waals surface area contributed by atoms with E-state index in [1.165, 1.54) is 11.8 Å². The van der Waals surface area contributed by atoms with E-state index >= 15 is 0 Å². The minimum absolute atomic E-state index is 0.0442. The van der Waals surface area contributed by atoms with Crippen molar-refractivity contribution in [3.63, 3.8) is 0 Å². The van der Waals surface area contributed by atoms with Gasteiger partial charge in [-0.1, -0.05) is 54.6 Å². The SMILES string of the molecule is CC(C)(C)OC(=O)N[C@H](CSCc1ccc(C(=O)c2ccccc2)cc1)C(=O)O. The number of benzene rings is 2. The van der Waals surface area contributed by atoms with Crippen LogP contribution >= 0.6 is 11.8 Å². The van der Waals surface area contributed by atoms with Gasteiger partial charge in [-0.2, -0.15) is 11.8 Å². The number of hydrogen-bond donors (Lipinski definition) is 2. The topological polar surface area (TPSA) is 92.7 Å². The molecule has 6 nitrogen and oxygen atoms in total. The number of carboxylic acids is 1. The maximum atomic E-state index is 12.4. The summed E-state index contributed by atoms with van der Waals surface area (Å²) < 4.78 is 5.10. The van der Waals surface area contributed by atoms with E-state index in [9.17, 15) is 19.5 Å². The molecular weight excluding hydrogens is 390 g/mol. The van der Waals surface area contributed by atoms with Crippen molar-refractivity contribution in [1.82, 2.24) is 5.32 Å². The van der Waals surface area contributed by atoms with E-state index in [0.717, 1.165) is 5.56 Å². The molecule has 7 heteroatoms. The highest BCUT2D eigenvalue weighted by Crippen LogP contribution is 2.17. The molecule has 0 bridgehead atoms. The van der Waals surface area contributed by atoms with Gasteiger partial charge in [0.05, 0.1) is 0 Å². The molecule has 2 rings (SSSR count). The minimum Gasteiger partial charge on any atom is -0.480 e. The smallest absolute Gasteiger partial charge is 0.408 e. The number of carbonyl (C=O) groups is 3. The number of amides is 1. The van der Waals surface area contributed by atoms with Crippen LogP contribution in [0.15, 0.2) is 54.6 Å². The number of carboxylic acid groups (broad SMARTS) is 1. The molecule has 29 heavy (non-hydrogen) atoms. The van der Waals surface area contributed by atoms with Crippen molar-refractivity contribution in [2.45, 2.75) is 38.2 Å². The van der Waals surface area contributed by atoms with Gasteiger partial charge in [-0.25, -0.2) is 9.59 Å². The predicted octanol–water partition coefficient (Wildman–Crippen LogP) is 4.13. The molecule has 0 heterocycles. The second-order valence-corrected chi connectivity index (χ2v) is 8.47. The normalized spacial score (nSPS) is 12.1. The van der Waals surface area contributed by atoms with E-state index in [-0.39, 0.29) is 11.5 Å². The molecule has 0 saturated carbocycles. The summed E-state index contributed by atoms with van der Waals surface area (Å²) in [5.74, 6) is -0.414. The lowest BCUT2D eigenvalue weighted by molar-refractivity contribution is -0.138. The summed E-state index contributed by atoms with van der Waals surface area (Å²) in [6, 6.07) is 15.2. The molecule has 0 aliphatic carbocycles. The first-order valence-electron chi connectivity index (χ1n) is 9.14.